The Bertz CT molecular complexity index is 331. The van der Waals surface area contributed by atoms with Gasteiger partial charge < -0.3 is 4.74 Å². The van der Waals surface area contributed by atoms with E-state index in [4.69, 9.17) is 0 Å². The van der Waals surface area contributed by atoms with Gasteiger partial charge in [0.25, 0.3) is 11.8 Å². The van der Waals surface area contributed by atoms with Gasteiger partial charge in [0, 0.05) is 18.2 Å². The van der Waals surface area contributed by atoms with Crippen molar-refractivity contribution in [3.05, 3.63) is 23.3 Å². The van der Waals surface area contributed by atoms with Crippen LogP contribution in [0.1, 0.15) is 12.8 Å². The molecule has 3 aliphatic rings. The summed E-state index contributed by atoms with van der Waals surface area (Å²) in [5, 5.41) is 0. The molecule has 80 valence electrons. The summed E-state index contributed by atoms with van der Waals surface area (Å²) in [7, 11) is 1.52. The van der Waals surface area contributed by atoms with Crippen LogP contribution in [0.2, 0.25) is 0 Å². The van der Waals surface area contributed by atoms with Crippen molar-refractivity contribution in [1.29, 1.82) is 0 Å². The topological polar surface area (TPSA) is 49.9 Å². The second-order valence-electron chi connectivity index (χ2n) is 3.59. The quantitative estimate of drug-likeness (QED) is 0.433. The summed E-state index contributed by atoms with van der Waals surface area (Å²) in [6.07, 6.45) is 5.43. The van der Waals surface area contributed by atoms with E-state index in [1.165, 1.54) is 11.9 Å². The van der Waals surface area contributed by atoms with Gasteiger partial charge in [0.1, 0.15) is 0 Å². The van der Waals surface area contributed by atoms with Gasteiger partial charge in [-0.15, -0.1) is 0 Å². The zero-order valence-electron chi connectivity index (χ0n) is 8.66. The molecule has 0 atom stereocenters. The summed E-state index contributed by atoms with van der Waals surface area (Å²) in [4.78, 5) is 23.9. The second-order valence-corrected chi connectivity index (χ2v) is 3.59. The number of epoxide rings is 1. The average Bonchev–Trinajstić information content (AvgIpc) is 3.11. The molecule has 3 rings (SSSR count). The van der Waals surface area contributed by atoms with E-state index in [1.807, 2.05) is 12.2 Å². The lowest BCUT2D eigenvalue weighted by atomic mass is 10.0. The maximum absolute atomic E-state index is 11.3. The zero-order valence-corrected chi connectivity index (χ0v) is 8.66. The van der Waals surface area contributed by atoms with Gasteiger partial charge in [0.05, 0.1) is 13.2 Å². The van der Waals surface area contributed by atoms with Gasteiger partial charge in [-0.25, -0.2) is 0 Å². The monoisotopic (exact) mass is 207 g/mol. The van der Waals surface area contributed by atoms with Crippen molar-refractivity contribution in [2.75, 3.05) is 20.3 Å². The molecule has 2 heterocycles. The fourth-order valence-corrected chi connectivity index (χ4v) is 1.53. The summed E-state index contributed by atoms with van der Waals surface area (Å²) in [5.74, 6) is -0.322. The van der Waals surface area contributed by atoms with Crippen molar-refractivity contribution >= 4 is 11.8 Å². The van der Waals surface area contributed by atoms with Gasteiger partial charge in [-0.05, 0) is 12.8 Å². The Morgan fingerprint density at radius 3 is 1.80 bits per heavy atom. The molecule has 0 aromatic heterocycles. The van der Waals surface area contributed by atoms with Gasteiger partial charge in [-0.1, -0.05) is 12.2 Å². The number of allylic oxidation sites excluding steroid dienone is 2. The number of amides is 2. The number of carbonyl (C=O) groups excluding carboxylic acids is 2. The van der Waals surface area contributed by atoms with Gasteiger partial charge in [-0.2, -0.15) is 0 Å². The first-order valence-electron chi connectivity index (χ1n) is 5.02. The van der Waals surface area contributed by atoms with Crippen LogP contribution < -0.4 is 0 Å². The van der Waals surface area contributed by atoms with E-state index in [9.17, 15) is 9.59 Å². The molecular formula is C11H13NO3. The van der Waals surface area contributed by atoms with Crippen molar-refractivity contribution < 1.29 is 14.3 Å². The highest BCUT2D eigenvalue weighted by Gasteiger charge is 2.36. The van der Waals surface area contributed by atoms with Crippen molar-refractivity contribution in [2.45, 2.75) is 12.8 Å². The maximum Gasteiger partial charge on any atom is 0.260 e. The van der Waals surface area contributed by atoms with Crippen molar-refractivity contribution in [3.8, 4) is 0 Å². The fourth-order valence-electron chi connectivity index (χ4n) is 1.53. The molecule has 0 N–H and O–H groups in total. The Kier molecular flexibility index (Phi) is 2.68. The SMILES string of the molecule is C1CO1.CN1C(=O)C2=CCCC=C2C1=O. The number of fused-ring (bicyclic) bond motifs is 1. The summed E-state index contributed by atoms with van der Waals surface area (Å²) in [5.41, 5.74) is 1.18. The summed E-state index contributed by atoms with van der Waals surface area (Å²) in [6, 6.07) is 0. The van der Waals surface area contributed by atoms with Crippen molar-refractivity contribution in [3.63, 3.8) is 0 Å². The molecule has 2 amide bonds. The van der Waals surface area contributed by atoms with E-state index in [2.05, 4.69) is 4.74 Å². The molecule has 0 aromatic rings. The largest absolute Gasteiger partial charge is 0.377 e. The van der Waals surface area contributed by atoms with E-state index in [1.54, 1.807) is 0 Å². The van der Waals surface area contributed by atoms with Gasteiger partial charge >= 0.3 is 0 Å². The molecule has 2 saturated heterocycles. The maximum atomic E-state index is 11.3. The second kappa shape index (κ2) is 3.98. The molecule has 0 radical (unpaired) electrons. The smallest absolute Gasteiger partial charge is 0.260 e. The van der Waals surface area contributed by atoms with Crippen LogP contribution in [0.15, 0.2) is 23.3 Å². The lowest BCUT2D eigenvalue weighted by Gasteiger charge is -2.01. The van der Waals surface area contributed by atoms with Gasteiger partial charge in [-0.3, -0.25) is 14.5 Å². The third kappa shape index (κ3) is 1.99. The summed E-state index contributed by atoms with van der Waals surface area (Å²) < 4.78 is 4.50. The molecule has 0 spiro atoms. The molecule has 2 aliphatic heterocycles. The lowest BCUT2D eigenvalue weighted by Crippen LogP contribution is -2.24. The van der Waals surface area contributed by atoms with Crippen LogP contribution in [0.5, 0.6) is 0 Å². The van der Waals surface area contributed by atoms with E-state index in [0.717, 1.165) is 26.1 Å². The zero-order chi connectivity index (χ0) is 10.8. The minimum atomic E-state index is -0.161. The number of hydrogen-bond donors (Lipinski definition) is 0. The number of imide groups is 1. The molecule has 2 fully saturated rings. The predicted octanol–water partition coefficient (Wildman–Crippen LogP) is 0.648. The molecule has 15 heavy (non-hydrogen) atoms. The number of carbonyl (C=O) groups is 2. The Hall–Kier alpha value is -1.42. The number of nitrogens with zero attached hydrogens (tertiary/aromatic N) is 1. The van der Waals surface area contributed by atoms with Crippen LogP contribution >= 0.6 is 0 Å². The molecular weight excluding hydrogens is 194 g/mol. The third-order valence-electron chi connectivity index (χ3n) is 2.43. The Morgan fingerprint density at radius 2 is 1.47 bits per heavy atom. The first kappa shape index (κ1) is 10.1. The fraction of sp³-hybridized carbons (Fsp3) is 0.455. The van der Waals surface area contributed by atoms with Crippen molar-refractivity contribution in [2.24, 2.45) is 0 Å². The molecule has 0 bridgehead atoms. The van der Waals surface area contributed by atoms with E-state index >= 15 is 0 Å². The third-order valence-corrected chi connectivity index (χ3v) is 2.43. The van der Waals surface area contributed by atoms with E-state index in [0.29, 0.717) is 11.1 Å². The number of hydrogen-bond acceptors (Lipinski definition) is 3. The van der Waals surface area contributed by atoms with Crippen LogP contribution in [0.3, 0.4) is 0 Å². The van der Waals surface area contributed by atoms with Crippen LogP contribution in [0.25, 0.3) is 0 Å². The predicted molar refractivity (Wildman–Crippen MR) is 54.0 cm³/mol. The number of ether oxygens (including phenoxy) is 1. The average molecular weight is 207 g/mol. The first-order chi connectivity index (χ1) is 7.22. The number of rotatable bonds is 0. The minimum absolute atomic E-state index is 0.161. The Labute approximate surface area is 88.2 Å². The first-order valence-corrected chi connectivity index (χ1v) is 5.02. The standard InChI is InChI=1S/C9H9NO2.C2H4O/c1-10-8(11)6-4-2-3-5-7(6)9(10)12;1-2-3-1/h4-5H,2-3H2,1H3;1-2H2. The van der Waals surface area contributed by atoms with Crippen LogP contribution in [0, 0.1) is 0 Å². The minimum Gasteiger partial charge on any atom is -0.377 e. The van der Waals surface area contributed by atoms with E-state index in [-0.39, 0.29) is 11.8 Å². The molecule has 4 nitrogen and oxygen atoms in total. The van der Waals surface area contributed by atoms with Crippen LogP contribution in [-0.2, 0) is 14.3 Å². The Balaban J connectivity index is 0.000000244. The summed E-state index contributed by atoms with van der Waals surface area (Å²) in [6.45, 7) is 2.00. The van der Waals surface area contributed by atoms with Crippen LogP contribution in [-0.4, -0.2) is 37.0 Å². The molecule has 0 aromatic carbocycles. The number of likely N-dealkylation sites (N-methyl/N-ethyl adjacent to an activating group) is 1. The molecule has 0 saturated carbocycles. The van der Waals surface area contributed by atoms with Gasteiger partial charge in [0.15, 0.2) is 0 Å². The number of likely N-dealkylation sites (tertiary alicyclic amines) is 1. The highest BCUT2D eigenvalue weighted by molar-refractivity contribution is 6.24. The normalized spacial score (nSPS) is 22.6. The van der Waals surface area contributed by atoms with Crippen LogP contribution in [0.4, 0.5) is 0 Å². The lowest BCUT2D eigenvalue weighted by molar-refractivity contribution is -0.134. The highest BCUT2D eigenvalue weighted by atomic mass is 16.6. The Morgan fingerprint density at radius 1 is 1.07 bits per heavy atom. The molecule has 4 heteroatoms. The summed E-state index contributed by atoms with van der Waals surface area (Å²) >= 11 is 0. The molecule has 0 unspecified atom stereocenters. The molecule has 1 aliphatic carbocycles. The van der Waals surface area contributed by atoms with Crippen molar-refractivity contribution in [1.82, 2.24) is 4.90 Å². The highest BCUT2D eigenvalue weighted by Crippen LogP contribution is 2.27. The van der Waals surface area contributed by atoms with E-state index < -0.39 is 0 Å². The van der Waals surface area contributed by atoms with Gasteiger partial charge in [0.2, 0.25) is 0 Å².